The number of thioether (sulfide) groups is 1. The molecule has 0 aromatic carbocycles. The lowest BCUT2D eigenvalue weighted by atomic mass is 10.0. The van der Waals surface area contributed by atoms with Crippen LogP contribution in [0.3, 0.4) is 0 Å². The molecule has 2 atom stereocenters. The Morgan fingerprint density at radius 1 is 1.28 bits per heavy atom. The van der Waals surface area contributed by atoms with Gasteiger partial charge in [0.2, 0.25) is 23.3 Å². The molecule has 2 aliphatic rings. The highest BCUT2D eigenvalue weighted by atomic mass is 32.2. The van der Waals surface area contributed by atoms with Crippen molar-refractivity contribution in [2.75, 3.05) is 30.3 Å². The molecule has 2 aromatic rings. The number of amides is 2. The van der Waals surface area contributed by atoms with Crippen molar-refractivity contribution in [3.63, 3.8) is 0 Å². The number of hydrogen-bond donors (Lipinski definition) is 7. The minimum atomic E-state index is -1.80. The lowest BCUT2D eigenvalue weighted by Crippen LogP contribution is -2.71. The van der Waals surface area contributed by atoms with Crippen LogP contribution in [0.5, 0.6) is 0 Å². The standard InChI is InChI=1S/C23H31N11O7S2/c1-23(2,21(39)40)41-30-12(16-29-22(27)43-31-16)17(35)28-13-18(36)34-14(20(37)38)10(8-42-19(13)34)6-33-7-11(9(4-24)5-25)15(26)32(33)3/h7,9,13,19,26H,4-6,8,24-25H2,1-3H3,(H5,27,28,29,31,35,37,38,39,40)/p+1/b30-12-/t13-,19-/m1/s1. The monoisotopic (exact) mass is 638 g/mol. The molecular weight excluding hydrogens is 606 g/mol. The van der Waals surface area contributed by atoms with Crippen molar-refractivity contribution in [1.82, 2.24) is 24.3 Å². The van der Waals surface area contributed by atoms with Crippen molar-refractivity contribution in [1.29, 1.82) is 0 Å². The van der Waals surface area contributed by atoms with E-state index in [-0.39, 0.29) is 48.0 Å². The number of carboxylic acids is 2. The second kappa shape index (κ2) is 12.1. The molecule has 0 saturated carbocycles. The van der Waals surface area contributed by atoms with Crippen LogP contribution < -0.4 is 32.9 Å². The van der Waals surface area contributed by atoms with Gasteiger partial charge in [0.1, 0.15) is 17.1 Å². The number of hydrogen-bond acceptors (Lipinski definition) is 14. The summed E-state index contributed by atoms with van der Waals surface area (Å²) in [5, 5.41) is 24.9. The molecule has 11 N–H and O–H groups in total. The highest BCUT2D eigenvalue weighted by Gasteiger charge is 2.55. The van der Waals surface area contributed by atoms with Crippen LogP contribution in [0.1, 0.15) is 31.2 Å². The Morgan fingerprint density at radius 3 is 2.51 bits per heavy atom. The van der Waals surface area contributed by atoms with Gasteiger partial charge in [0.25, 0.3) is 11.8 Å². The summed E-state index contributed by atoms with van der Waals surface area (Å²) in [6.45, 7) is 3.12. The fraction of sp³-hybridized carbons (Fsp3) is 0.478. The summed E-state index contributed by atoms with van der Waals surface area (Å²) in [7, 11) is 1.72. The molecule has 0 unspecified atom stereocenters. The summed E-state index contributed by atoms with van der Waals surface area (Å²) in [5.74, 6) is -4.02. The van der Waals surface area contributed by atoms with Crippen molar-refractivity contribution in [3.05, 3.63) is 28.9 Å². The Kier molecular flexibility index (Phi) is 8.94. The number of carboxylic acid groups (broad SMARTS) is 2. The normalized spacial score (nSPS) is 18.9. The van der Waals surface area contributed by atoms with E-state index in [9.17, 15) is 29.4 Å². The van der Waals surface area contributed by atoms with E-state index in [2.05, 4.69) is 19.8 Å². The van der Waals surface area contributed by atoms with Crippen LogP contribution in [0.25, 0.3) is 0 Å². The van der Waals surface area contributed by atoms with Gasteiger partial charge in [-0.1, -0.05) is 5.16 Å². The Labute approximate surface area is 252 Å². The summed E-state index contributed by atoms with van der Waals surface area (Å²) >= 11 is 2.03. The first-order chi connectivity index (χ1) is 20.2. The molecule has 2 amide bonds. The topological polar surface area (TPSA) is 284 Å². The fourth-order valence-electron chi connectivity index (χ4n) is 4.38. The van der Waals surface area contributed by atoms with E-state index in [1.165, 1.54) is 25.6 Å². The first-order valence-electron chi connectivity index (χ1n) is 12.8. The third kappa shape index (κ3) is 5.98. The van der Waals surface area contributed by atoms with Crippen molar-refractivity contribution in [3.8, 4) is 0 Å². The largest absolute Gasteiger partial charge is 0.478 e. The highest BCUT2D eigenvalue weighted by Crippen LogP contribution is 2.40. The molecule has 20 heteroatoms. The molecular formula is C23H32N11O7S2+. The molecule has 0 radical (unpaired) electrons. The van der Waals surface area contributed by atoms with Gasteiger partial charge in [-0.25, -0.2) is 9.59 Å². The average Bonchev–Trinajstić information content (AvgIpc) is 3.50. The highest BCUT2D eigenvalue weighted by molar-refractivity contribution is 8.00. The van der Waals surface area contributed by atoms with Crippen molar-refractivity contribution >= 4 is 63.7 Å². The Bertz CT molecular complexity index is 1530. The summed E-state index contributed by atoms with van der Waals surface area (Å²) in [5.41, 5.74) is 22.2. The molecule has 43 heavy (non-hydrogen) atoms. The number of nitrogens with one attached hydrogen (secondary N) is 1. The summed E-state index contributed by atoms with van der Waals surface area (Å²) in [4.78, 5) is 60.4. The molecule has 18 nitrogen and oxygen atoms in total. The Balaban J connectivity index is 1.57. The summed E-state index contributed by atoms with van der Waals surface area (Å²) in [6, 6.07) is -1.12. The predicted molar refractivity (Wildman–Crippen MR) is 154 cm³/mol. The number of anilines is 2. The van der Waals surface area contributed by atoms with Crippen LogP contribution in [0.2, 0.25) is 0 Å². The number of oxime groups is 1. The number of β-lactam (4-membered cyclic amide) rings is 1. The summed E-state index contributed by atoms with van der Waals surface area (Å²) in [6.07, 6.45) is 1.76. The number of carbonyl (C=O) groups is 4. The molecule has 4 rings (SSSR count). The molecule has 0 aliphatic carbocycles. The molecule has 2 aliphatic heterocycles. The van der Waals surface area contributed by atoms with Gasteiger partial charge in [0, 0.05) is 41.9 Å². The van der Waals surface area contributed by atoms with Crippen LogP contribution in [-0.4, -0.2) is 94.5 Å². The van der Waals surface area contributed by atoms with E-state index in [1.807, 2.05) is 0 Å². The van der Waals surface area contributed by atoms with Gasteiger partial charge >= 0.3 is 11.9 Å². The van der Waals surface area contributed by atoms with E-state index in [1.54, 1.807) is 22.6 Å². The smallest absolute Gasteiger partial charge is 0.352 e. The zero-order valence-corrected chi connectivity index (χ0v) is 25.0. The third-order valence-electron chi connectivity index (χ3n) is 6.96. The fourth-order valence-corrected chi connectivity index (χ4v) is 6.15. The van der Waals surface area contributed by atoms with Gasteiger partial charge in [-0.3, -0.25) is 14.5 Å². The maximum atomic E-state index is 13.2. The van der Waals surface area contributed by atoms with Crippen molar-refractivity contribution < 1.29 is 38.9 Å². The minimum absolute atomic E-state index is 0.0111. The lowest BCUT2D eigenvalue weighted by molar-refractivity contribution is -0.765. The summed E-state index contributed by atoms with van der Waals surface area (Å²) < 4.78 is 7.31. The molecule has 4 heterocycles. The Morgan fingerprint density at radius 2 is 1.95 bits per heavy atom. The second-order valence-corrected chi connectivity index (χ2v) is 12.1. The van der Waals surface area contributed by atoms with E-state index in [0.29, 0.717) is 11.4 Å². The number of fused-ring (bicyclic) bond motifs is 1. The van der Waals surface area contributed by atoms with Gasteiger partial charge in [-0.2, -0.15) is 9.36 Å². The van der Waals surface area contributed by atoms with Gasteiger partial charge in [-0.05, 0) is 13.8 Å². The minimum Gasteiger partial charge on any atom is -0.478 e. The molecule has 2 aromatic heterocycles. The Hall–Kier alpha value is -4.27. The van der Waals surface area contributed by atoms with E-state index in [4.69, 9.17) is 27.8 Å². The number of rotatable bonds is 12. The zero-order valence-electron chi connectivity index (χ0n) is 23.4. The number of nitrogen functional groups attached to an aromatic ring is 2. The second-order valence-electron chi connectivity index (χ2n) is 10.2. The van der Waals surface area contributed by atoms with E-state index in [0.717, 1.165) is 22.0 Å². The van der Waals surface area contributed by atoms with Gasteiger partial charge in [0.15, 0.2) is 17.5 Å². The van der Waals surface area contributed by atoms with Crippen LogP contribution in [-0.2, 0) is 37.6 Å². The van der Waals surface area contributed by atoms with Crippen LogP contribution in [0, 0.1) is 0 Å². The number of nitrogens with two attached hydrogens (primary N) is 4. The molecule has 0 spiro atoms. The number of nitrogens with zero attached hydrogens (tertiary/aromatic N) is 6. The molecule has 1 fully saturated rings. The number of aliphatic carboxylic acids is 2. The van der Waals surface area contributed by atoms with E-state index >= 15 is 0 Å². The van der Waals surface area contributed by atoms with E-state index < -0.39 is 46.5 Å². The third-order valence-corrected chi connectivity index (χ3v) is 8.85. The first-order valence-corrected chi connectivity index (χ1v) is 14.6. The van der Waals surface area contributed by atoms with Gasteiger partial charge < -0.3 is 43.3 Å². The van der Waals surface area contributed by atoms with Crippen molar-refractivity contribution in [2.24, 2.45) is 23.7 Å². The van der Waals surface area contributed by atoms with Crippen LogP contribution in [0.15, 0.2) is 22.6 Å². The zero-order chi connectivity index (χ0) is 31.8. The lowest BCUT2D eigenvalue weighted by Gasteiger charge is -2.49. The van der Waals surface area contributed by atoms with Crippen LogP contribution in [0.4, 0.5) is 10.9 Å². The number of carbonyl (C=O) groups excluding carboxylic acids is 2. The molecule has 232 valence electrons. The average molecular weight is 639 g/mol. The maximum Gasteiger partial charge on any atom is 0.352 e. The SMILES string of the molecule is Cn1c(N)c(C(CN)CN)c[n+]1CC1=C(C(=O)O)N2C(=O)[C@@H](NC(=O)/C(=N\OC(C)(C)C(=O)O)c3nsc(N)n3)[C@H]2SC1. The first kappa shape index (κ1) is 31.7. The quantitative estimate of drug-likeness (QED) is 0.0541. The van der Waals surface area contributed by atoms with Crippen molar-refractivity contribution in [2.45, 2.75) is 43.3 Å². The van der Waals surface area contributed by atoms with Crippen LogP contribution >= 0.6 is 23.3 Å². The molecule has 1 saturated heterocycles. The van der Waals surface area contributed by atoms with Gasteiger partial charge in [0.05, 0.1) is 12.6 Å². The number of aromatic nitrogens is 4. The maximum absolute atomic E-state index is 13.2. The van der Waals surface area contributed by atoms with Gasteiger partial charge in [-0.15, -0.1) is 21.1 Å². The predicted octanol–water partition coefficient (Wildman–Crippen LogP) is -2.65. The molecule has 0 bridgehead atoms.